The molecule has 0 saturated heterocycles. The highest BCUT2D eigenvalue weighted by Crippen LogP contribution is 2.30. The number of carbonyl (C=O) groups is 1. The summed E-state index contributed by atoms with van der Waals surface area (Å²) in [6, 6.07) is 10.5. The summed E-state index contributed by atoms with van der Waals surface area (Å²) in [5, 5.41) is 0. The van der Waals surface area contributed by atoms with Crippen molar-refractivity contribution in [1.82, 2.24) is 0 Å². The molecule has 1 aliphatic carbocycles. The number of carbonyl (C=O) groups excluding carboxylic acids is 1. The first-order valence-electron chi connectivity index (χ1n) is 6.08. The van der Waals surface area contributed by atoms with Gasteiger partial charge in [0.05, 0.1) is 0 Å². The van der Waals surface area contributed by atoms with Crippen molar-refractivity contribution in [3.63, 3.8) is 0 Å². The molecule has 0 aliphatic heterocycles. The van der Waals surface area contributed by atoms with Gasteiger partial charge in [0.1, 0.15) is 5.78 Å². The first-order valence-corrected chi connectivity index (χ1v) is 6.08. The van der Waals surface area contributed by atoms with Crippen molar-refractivity contribution >= 4 is 11.4 Å². The lowest BCUT2D eigenvalue weighted by molar-refractivity contribution is -0.122. The van der Waals surface area contributed by atoms with Gasteiger partial charge >= 0.3 is 0 Å². The fourth-order valence-electron chi connectivity index (χ4n) is 2.33. The monoisotopic (exact) mass is 214 g/mol. The summed E-state index contributed by atoms with van der Waals surface area (Å²) in [4.78, 5) is 11.6. The maximum Gasteiger partial charge on any atom is 0.136 e. The summed E-state index contributed by atoms with van der Waals surface area (Å²) in [7, 11) is 0. The summed E-state index contributed by atoms with van der Waals surface area (Å²) in [6.07, 6.45) is 5.92. The molecule has 1 aliphatic rings. The Kier molecular flexibility index (Phi) is 3.55. The van der Waals surface area contributed by atoms with Gasteiger partial charge in [0, 0.05) is 12.3 Å². The topological polar surface area (TPSA) is 17.1 Å². The molecule has 16 heavy (non-hydrogen) atoms. The van der Waals surface area contributed by atoms with Crippen molar-refractivity contribution < 1.29 is 4.79 Å². The molecular weight excluding hydrogens is 196 g/mol. The van der Waals surface area contributed by atoms with E-state index in [9.17, 15) is 4.79 Å². The Morgan fingerprint density at radius 2 is 2.06 bits per heavy atom. The SMILES string of the molecule is CCC(=O)[C@H]1CC=C(c2ccccc2)CC1. The Labute approximate surface area is 97.2 Å². The van der Waals surface area contributed by atoms with Crippen LogP contribution in [-0.2, 0) is 4.79 Å². The lowest BCUT2D eigenvalue weighted by atomic mass is 9.84. The van der Waals surface area contributed by atoms with Crippen LogP contribution in [0.3, 0.4) is 0 Å². The average molecular weight is 214 g/mol. The van der Waals surface area contributed by atoms with Crippen LogP contribution in [0, 0.1) is 5.92 Å². The van der Waals surface area contributed by atoms with Gasteiger partial charge in [-0.3, -0.25) is 4.79 Å². The summed E-state index contributed by atoms with van der Waals surface area (Å²) in [6.45, 7) is 1.96. The van der Waals surface area contributed by atoms with E-state index in [0.29, 0.717) is 12.2 Å². The van der Waals surface area contributed by atoms with Crippen LogP contribution >= 0.6 is 0 Å². The van der Waals surface area contributed by atoms with Gasteiger partial charge in [-0.25, -0.2) is 0 Å². The Hall–Kier alpha value is -1.37. The van der Waals surface area contributed by atoms with Crippen LogP contribution in [0.2, 0.25) is 0 Å². The second kappa shape index (κ2) is 5.11. The van der Waals surface area contributed by atoms with Crippen molar-refractivity contribution in [2.75, 3.05) is 0 Å². The summed E-state index contributed by atoms with van der Waals surface area (Å²) in [5.74, 6) is 0.695. The van der Waals surface area contributed by atoms with Crippen LogP contribution in [0.5, 0.6) is 0 Å². The number of benzene rings is 1. The van der Waals surface area contributed by atoms with E-state index in [1.165, 1.54) is 11.1 Å². The highest BCUT2D eigenvalue weighted by atomic mass is 16.1. The van der Waals surface area contributed by atoms with Gasteiger partial charge in [-0.15, -0.1) is 0 Å². The van der Waals surface area contributed by atoms with Gasteiger partial charge in [0.15, 0.2) is 0 Å². The van der Waals surface area contributed by atoms with Gasteiger partial charge in [-0.2, -0.15) is 0 Å². The van der Waals surface area contributed by atoms with Crippen LogP contribution in [0.1, 0.15) is 38.2 Å². The molecule has 0 N–H and O–H groups in total. The second-order valence-electron chi connectivity index (χ2n) is 4.39. The normalized spacial score (nSPS) is 20.3. The predicted octanol–water partition coefficient (Wildman–Crippen LogP) is 3.85. The first kappa shape index (κ1) is 11.1. The zero-order chi connectivity index (χ0) is 11.4. The molecule has 0 spiro atoms. The van der Waals surface area contributed by atoms with Crippen LogP contribution in [-0.4, -0.2) is 5.78 Å². The molecule has 0 unspecified atom stereocenters. The third-order valence-electron chi connectivity index (χ3n) is 3.36. The predicted molar refractivity (Wildman–Crippen MR) is 67.1 cm³/mol. The van der Waals surface area contributed by atoms with Crippen molar-refractivity contribution in [2.24, 2.45) is 5.92 Å². The third kappa shape index (κ3) is 2.41. The van der Waals surface area contributed by atoms with E-state index in [4.69, 9.17) is 0 Å². The molecule has 0 heterocycles. The molecule has 1 nitrogen and oxygen atoms in total. The van der Waals surface area contributed by atoms with Crippen LogP contribution in [0.15, 0.2) is 36.4 Å². The Bertz CT molecular complexity index is 389. The number of hydrogen-bond acceptors (Lipinski definition) is 1. The molecule has 0 saturated carbocycles. The maximum atomic E-state index is 11.6. The highest BCUT2D eigenvalue weighted by Gasteiger charge is 2.20. The zero-order valence-electron chi connectivity index (χ0n) is 9.78. The van der Waals surface area contributed by atoms with E-state index in [1.807, 2.05) is 13.0 Å². The van der Waals surface area contributed by atoms with E-state index >= 15 is 0 Å². The average Bonchev–Trinajstić information content (AvgIpc) is 2.39. The van der Waals surface area contributed by atoms with Crippen LogP contribution in [0.25, 0.3) is 5.57 Å². The van der Waals surface area contributed by atoms with Gasteiger partial charge in [0.2, 0.25) is 0 Å². The smallest absolute Gasteiger partial charge is 0.136 e. The molecule has 1 aromatic rings. The second-order valence-corrected chi connectivity index (χ2v) is 4.39. The molecule has 0 amide bonds. The van der Waals surface area contributed by atoms with Crippen molar-refractivity contribution in [1.29, 1.82) is 0 Å². The summed E-state index contributed by atoms with van der Waals surface area (Å²) < 4.78 is 0. The minimum absolute atomic E-state index is 0.275. The van der Waals surface area contributed by atoms with Crippen LogP contribution < -0.4 is 0 Å². The van der Waals surface area contributed by atoms with E-state index in [0.717, 1.165) is 19.3 Å². The number of ketones is 1. The number of allylic oxidation sites excluding steroid dienone is 2. The minimum atomic E-state index is 0.275. The van der Waals surface area contributed by atoms with E-state index in [-0.39, 0.29) is 5.92 Å². The van der Waals surface area contributed by atoms with Crippen molar-refractivity contribution in [2.45, 2.75) is 32.6 Å². The summed E-state index contributed by atoms with van der Waals surface area (Å²) in [5.41, 5.74) is 2.71. The van der Waals surface area contributed by atoms with Crippen molar-refractivity contribution in [3.05, 3.63) is 42.0 Å². The molecule has 84 valence electrons. The lowest BCUT2D eigenvalue weighted by Crippen LogP contribution is -2.15. The third-order valence-corrected chi connectivity index (χ3v) is 3.36. The fourth-order valence-corrected chi connectivity index (χ4v) is 2.33. The van der Waals surface area contributed by atoms with E-state index in [1.54, 1.807) is 0 Å². The minimum Gasteiger partial charge on any atom is -0.299 e. The molecule has 0 fully saturated rings. The summed E-state index contributed by atoms with van der Waals surface area (Å²) >= 11 is 0. The molecule has 0 aromatic heterocycles. The highest BCUT2D eigenvalue weighted by molar-refractivity contribution is 5.82. The molecule has 1 aromatic carbocycles. The van der Waals surface area contributed by atoms with Crippen LogP contribution in [0.4, 0.5) is 0 Å². The number of Topliss-reactive ketones (excluding diaryl/α,β-unsaturated/α-hetero) is 1. The van der Waals surface area contributed by atoms with Gasteiger partial charge < -0.3 is 0 Å². The Morgan fingerprint density at radius 1 is 1.31 bits per heavy atom. The Morgan fingerprint density at radius 3 is 2.62 bits per heavy atom. The maximum absolute atomic E-state index is 11.6. The fraction of sp³-hybridized carbons (Fsp3) is 0.400. The molecule has 0 bridgehead atoms. The molecular formula is C15H18O. The zero-order valence-corrected chi connectivity index (χ0v) is 9.78. The van der Waals surface area contributed by atoms with Crippen molar-refractivity contribution in [3.8, 4) is 0 Å². The molecule has 0 radical (unpaired) electrons. The van der Waals surface area contributed by atoms with Gasteiger partial charge in [-0.05, 0) is 30.4 Å². The van der Waals surface area contributed by atoms with Gasteiger partial charge in [0.25, 0.3) is 0 Å². The standard InChI is InChI=1S/C15H18O/c1-2-15(16)14-10-8-13(9-11-14)12-6-4-3-5-7-12/h3-8,14H,2,9-11H2,1H3/t14-/m0/s1. The number of rotatable bonds is 3. The quantitative estimate of drug-likeness (QED) is 0.747. The van der Waals surface area contributed by atoms with E-state index in [2.05, 4.69) is 30.3 Å². The molecule has 1 heteroatoms. The lowest BCUT2D eigenvalue weighted by Gasteiger charge is -2.20. The first-order chi connectivity index (χ1) is 7.81. The largest absolute Gasteiger partial charge is 0.299 e. The number of hydrogen-bond donors (Lipinski definition) is 0. The Balaban J connectivity index is 2.07. The van der Waals surface area contributed by atoms with E-state index < -0.39 is 0 Å². The molecule has 1 atom stereocenters. The molecule has 2 rings (SSSR count). The van der Waals surface area contributed by atoms with Gasteiger partial charge in [-0.1, -0.05) is 43.3 Å².